The lowest BCUT2D eigenvalue weighted by Crippen LogP contribution is -2.21. The van der Waals surface area contributed by atoms with Crippen molar-refractivity contribution < 1.29 is 4.79 Å². The molecular formula is C24H22N4OS. The van der Waals surface area contributed by atoms with E-state index in [1.165, 1.54) is 17.3 Å². The van der Waals surface area contributed by atoms with Gasteiger partial charge in [-0.15, -0.1) is 0 Å². The fourth-order valence-electron chi connectivity index (χ4n) is 3.13. The number of thioether (sulfide) groups is 1. The third kappa shape index (κ3) is 4.78. The summed E-state index contributed by atoms with van der Waals surface area (Å²) >= 11 is 1.42. The number of para-hydroxylation sites is 2. The van der Waals surface area contributed by atoms with Gasteiger partial charge in [0.15, 0.2) is 5.16 Å². The molecular weight excluding hydrogens is 392 g/mol. The number of hydrazone groups is 1. The molecule has 0 fully saturated rings. The van der Waals surface area contributed by atoms with Gasteiger partial charge in [0.2, 0.25) is 0 Å². The molecule has 0 saturated heterocycles. The molecule has 5 nitrogen and oxygen atoms in total. The summed E-state index contributed by atoms with van der Waals surface area (Å²) in [6, 6.07) is 28.1. The molecule has 1 heterocycles. The maximum atomic E-state index is 12.4. The fraction of sp³-hybridized carbons (Fsp3) is 0.125. The Morgan fingerprint density at radius 1 is 0.967 bits per heavy atom. The maximum absolute atomic E-state index is 12.4. The van der Waals surface area contributed by atoms with Crippen LogP contribution in [-0.4, -0.2) is 26.9 Å². The van der Waals surface area contributed by atoms with Crippen LogP contribution in [0.5, 0.6) is 0 Å². The van der Waals surface area contributed by atoms with E-state index in [0.29, 0.717) is 6.54 Å². The molecule has 3 aromatic carbocycles. The molecule has 0 saturated carbocycles. The zero-order valence-corrected chi connectivity index (χ0v) is 17.5. The van der Waals surface area contributed by atoms with Gasteiger partial charge >= 0.3 is 0 Å². The van der Waals surface area contributed by atoms with Crippen LogP contribution < -0.4 is 5.43 Å². The minimum atomic E-state index is -0.159. The largest absolute Gasteiger partial charge is 0.314 e. The molecule has 1 N–H and O–H groups in total. The van der Waals surface area contributed by atoms with Crippen LogP contribution in [0.4, 0.5) is 0 Å². The molecule has 30 heavy (non-hydrogen) atoms. The van der Waals surface area contributed by atoms with Crippen LogP contribution in [-0.2, 0) is 11.3 Å². The number of carbonyl (C=O) groups excluding carboxylic acids is 1. The van der Waals surface area contributed by atoms with Gasteiger partial charge in [0, 0.05) is 0 Å². The SMILES string of the molecule is C/C(=N/NC(=O)CSc1nc2ccccc2n1Cc1ccccc1)c1ccccc1. The number of nitrogens with one attached hydrogen (secondary N) is 1. The third-order valence-corrected chi connectivity index (χ3v) is 5.65. The molecule has 0 unspecified atom stereocenters. The minimum Gasteiger partial charge on any atom is -0.314 e. The normalized spacial score (nSPS) is 11.6. The van der Waals surface area contributed by atoms with Crippen molar-refractivity contribution in [1.82, 2.24) is 15.0 Å². The molecule has 150 valence electrons. The fourth-order valence-corrected chi connectivity index (χ4v) is 3.94. The zero-order valence-electron chi connectivity index (χ0n) is 16.7. The monoisotopic (exact) mass is 414 g/mol. The molecule has 0 atom stereocenters. The van der Waals surface area contributed by atoms with Gasteiger partial charge in [-0.3, -0.25) is 4.79 Å². The van der Waals surface area contributed by atoms with Gasteiger partial charge in [0.25, 0.3) is 5.91 Å². The first-order chi connectivity index (χ1) is 14.7. The molecule has 1 amide bonds. The quantitative estimate of drug-likeness (QED) is 0.270. The zero-order chi connectivity index (χ0) is 20.8. The van der Waals surface area contributed by atoms with Gasteiger partial charge in [0.1, 0.15) is 0 Å². The number of carbonyl (C=O) groups is 1. The van der Waals surface area contributed by atoms with Crippen molar-refractivity contribution in [3.8, 4) is 0 Å². The Morgan fingerprint density at radius 2 is 1.63 bits per heavy atom. The van der Waals surface area contributed by atoms with Crippen LogP contribution in [0.3, 0.4) is 0 Å². The molecule has 0 aliphatic carbocycles. The molecule has 0 aliphatic heterocycles. The highest BCUT2D eigenvalue weighted by Gasteiger charge is 2.13. The van der Waals surface area contributed by atoms with E-state index in [2.05, 4.69) is 33.3 Å². The first-order valence-corrected chi connectivity index (χ1v) is 10.7. The van der Waals surface area contributed by atoms with Gasteiger partial charge in [-0.25, -0.2) is 10.4 Å². The van der Waals surface area contributed by atoms with Crippen molar-refractivity contribution in [2.45, 2.75) is 18.6 Å². The summed E-state index contributed by atoms with van der Waals surface area (Å²) in [6.07, 6.45) is 0. The lowest BCUT2D eigenvalue weighted by Gasteiger charge is -2.09. The molecule has 1 aromatic heterocycles. The highest BCUT2D eigenvalue weighted by atomic mass is 32.2. The average Bonchev–Trinajstić information content (AvgIpc) is 3.14. The smallest absolute Gasteiger partial charge is 0.250 e. The van der Waals surface area contributed by atoms with Crippen molar-refractivity contribution in [2.24, 2.45) is 5.10 Å². The summed E-state index contributed by atoms with van der Waals surface area (Å²) in [7, 11) is 0. The summed E-state index contributed by atoms with van der Waals surface area (Å²) in [5.41, 5.74) is 7.57. The Kier molecular flexibility index (Phi) is 6.25. The van der Waals surface area contributed by atoms with Crippen LogP contribution in [0.25, 0.3) is 11.0 Å². The lowest BCUT2D eigenvalue weighted by atomic mass is 10.1. The summed E-state index contributed by atoms with van der Waals surface area (Å²) < 4.78 is 2.15. The molecule has 0 bridgehead atoms. The van der Waals surface area contributed by atoms with Crippen LogP contribution in [0.15, 0.2) is 95.2 Å². The molecule has 0 aliphatic rings. The molecule has 0 spiro atoms. The van der Waals surface area contributed by atoms with E-state index < -0.39 is 0 Å². The Morgan fingerprint density at radius 3 is 2.40 bits per heavy atom. The van der Waals surface area contributed by atoms with Crippen molar-refractivity contribution in [3.05, 3.63) is 96.1 Å². The number of rotatable bonds is 7. The van der Waals surface area contributed by atoms with E-state index in [9.17, 15) is 4.79 Å². The predicted octanol–water partition coefficient (Wildman–Crippen LogP) is 4.72. The average molecular weight is 415 g/mol. The maximum Gasteiger partial charge on any atom is 0.250 e. The molecule has 4 aromatic rings. The van der Waals surface area contributed by atoms with E-state index >= 15 is 0 Å². The Bertz CT molecular complexity index is 1170. The second-order valence-electron chi connectivity index (χ2n) is 6.84. The van der Waals surface area contributed by atoms with Gasteiger partial charge in [-0.2, -0.15) is 5.10 Å². The highest BCUT2D eigenvalue weighted by Crippen LogP contribution is 2.25. The predicted molar refractivity (Wildman–Crippen MR) is 123 cm³/mol. The van der Waals surface area contributed by atoms with E-state index in [4.69, 9.17) is 4.98 Å². The summed E-state index contributed by atoms with van der Waals surface area (Å²) in [4.78, 5) is 17.1. The van der Waals surface area contributed by atoms with Crippen LogP contribution >= 0.6 is 11.8 Å². The second kappa shape index (κ2) is 9.41. The van der Waals surface area contributed by atoms with Crippen molar-refractivity contribution >= 4 is 34.4 Å². The second-order valence-corrected chi connectivity index (χ2v) is 7.78. The number of hydrogen-bond acceptors (Lipinski definition) is 4. The van der Waals surface area contributed by atoms with Crippen LogP contribution in [0.1, 0.15) is 18.1 Å². The van der Waals surface area contributed by atoms with Crippen LogP contribution in [0.2, 0.25) is 0 Å². The molecule has 4 rings (SSSR count). The number of amides is 1. The first kappa shape index (κ1) is 19.9. The van der Waals surface area contributed by atoms with Crippen molar-refractivity contribution in [1.29, 1.82) is 0 Å². The van der Waals surface area contributed by atoms with Crippen molar-refractivity contribution in [2.75, 3.05) is 5.75 Å². The van der Waals surface area contributed by atoms with Crippen molar-refractivity contribution in [3.63, 3.8) is 0 Å². The topological polar surface area (TPSA) is 59.3 Å². The highest BCUT2D eigenvalue weighted by molar-refractivity contribution is 7.99. The van der Waals surface area contributed by atoms with Crippen LogP contribution in [0, 0.1) is 0 Å². The standard InChI is InChI=1S/C24H22N4OS/c1-18(20-12-6-3-7-13-20)26-27-23(29)17-30-24-25-21-14-8-9-15-22(21)28(24)16-19-10-4-2-5-11-19/h2-15H,16-17H2,1H3,(H,27,29)/b26-18-. The molecule has 0 radical (unpaired) electrons. The number of aromatic nitrogens is 2. The minimum absolute atomic E-state index is 0.159. The van der Waals surface area contributed by atoms with E-state index in [0.717, 1.165) is 27.5 Å². The third-order valence-electron chi connectivity index (χ3n) is 4.68. The van der Waals surface area contributed by atoms with Gasteiger partial charge in [-0.05, 0) is 30.2 Å². The number of imidazole rings is 1. The first-order valence-electron chi connectivity index (χ1n) is 9.71. The lowest BCUT2D eigenvalue weighted by molar-refractivity contribution is -0.118. The van der Waals surface area contributed by atoms with Gasteiger partial charge in [-0.1, -0.05) is 84.6 Å². The van der Waals surface area contributed by atoms with Gasteiger partial charge < -0.3 is 4.57 Å². The van der Waals surface area contributed by atoms with E-state index in [1.807, 2.05) is 73.7 Å². The number of hydrogen-bond donors (Lipinski definition) is 1. The summed E-state index contributed by atoms with van der Waals surface area (Å²) in [5.74, 6) is 0.0811. The summed E-state index contributed by atoms with van der Waals surface area (Å²) in [6.45, 7) is 2.58. The number of fused-ring (bicyclic) bond motifs is 1. The van der Waals surface area contributed by atoms with Gasteiger partial charge in [0.05, 0.1) is 29.0 Å². The Hall–Kier alpha value is -3.38. The Balaban J connectivity index is 1.47. The van der Waals surface area contributed by atoms with E-state index in [1.54, 1.807) is 0 Å². The Labute approximate surface area is 179 Å². The summed E-state index contributed by atoms with van der Waals surface area (Å²) in [5, 5.41) is 5.03. The molecule has 6 heteroatoms. The number of benzene rings is 3. The van der Waals surface area contributed by atoms with E-state index in [-0.39, 0.29) is 11.7 Å². The number of nitrogens with zero attached hydrogens (tertiary/aromatic N) is 3.